The zero-order valence-electron chi connectivity index (χ0n) is 19.5. The van der Waals surface area contributed by atoms with Crippen LogP contribution in [0.3, 0.4) is 0 Å². The van der Waals surface area contributed by atoms with E-state index in [2.05, 4.69) is 0 Å². The van der Waals surface area contributed by atoms with Crippen LogP contribution in [0, 0.1) is 18.6 Å². The Bertz CT molecular complexity index is 1330. The zero-order chi connectivity index (χ0) is 25.2. The molecule has 0 aliphatic carbocycles. The molecule has 1 atom stereocenters. The maximum absolute atomic E-state index is 13.7. The number of hydrogen-bond donors (Lipinski definition) is 0. The minimum Gasteiger partial charge on any atom is -0.495 e. The Morgan fingerprint density at radius 1 is 0.971 bits per heavy atom. The van der Waals surface area contributed by atoms with Crippen molar-refractivity contribution >= 4 is 21.6 Å². The van der Waals surface area contributed by atoms with Crippen LogP contribution in [-0.4, -0.2) is 40.4 Å². The summed E-state index contributed by atoms with van der Waals surface area (Å²) in [6, 6.07) is 13.9. The first-order valence-corrected chi connectivity index (χ1v) is 11.9. The molecule has 0 aliphatic rings. The number of ether oxygens (including phenoxy) is 1. The fourth-order valence-electron chi connectivity index (χ4n) is 3.53. The van der Waals surface area contributed by atoms with Crippen LogP contribution >= 0.6 is 0 Å². The minimum atomic E-state index is -4.01. The number of nitrogens with zero attached hydrogens (tertiary/aromatic N) is 2. The molecule has 0 spiro atoms. The van der Waals surface area contributed by atoms with Crippen molar-refractivity contribution in [2.45, 2.75) is 24.8 Å². The minimum absolute atomic E-state index is 0.0660. The molecule has 9 heteroatoms. The van der Waals surface area contributed by atoms with Gasteiger partial charge in [0, 0.05) is 19.7 Å². The molecule has 1 unspecified atom stereocenters. The molecule has 0 saturated carbocycles. The molecule has 3 rings (SSSR count). The third-order valence-electron chi connectivity index (χ3n) is 5.85. The maximum Gasteiger partial charge on any atom is 0.264 e. The van der Waals surface area contributed by atoms with E-state index in [-0.39, 0.29) is 10.5 Å². The van der Waals surface area contributed by atoms with Crippen molar-refractivity contribution in [3.8, 4) is 5.75 Å². The number of benzene rings is 3. The van der Waals surface area contributed by atoms with Crippen molar-refractivity contribution in [2.24, 2.45) is 0 Å². The number of hydrogen-bond acceptors (Lipinski definition) is 4. The Morgan fingerprint density at radius 2 is 1.65 bits per heavy atom. The number of carbonyl (C=O) groups is 1. The van der Waals surface area contributed by atoms with Crippen molar-refractivity contribution in [1.29, 1.82) is 0 Å². The number of carbonyl (C=O) groups excluding carboxylic acids is 1. The Morgan fingerprint density at radius 3 is 2.29 bits per heavy atom. The van der Waals surface area contributed by atoms with Gasteiger partial charge in [-0.1, -0.05) is 24.3 Å². The first-order chi connectivity index (χ1) is 16.0. The molecule has 6 nitrogen and oxygen atoms in total. The number of anilines is 1. The highest BCUT2D eigenvalue weighted by atomic mass is 32.2. The lowest BCUT2D eigenvalue weighted by atomic mass is 10.0. The van der Waals surface area contributed by atoms with Crippen molar-refractivity contribution in [2.75, 3.05) is 25.5 Å². The summed E-state index contributed by atoms with van der Waals surface area (Å²) in [6.45, 7) is 3.37. The molecular weight excluding hydrogens is 462 g/mol. The first kappa shape index (κ1) is 25.2. The van der Waals surface area contributed by atoms with Gasteiger partial charge in [-0.05, 0) is 61.4 Å². The number of methoxy groups -OCH3 is 1. The van der Waals surface area contributed by atoms with E-state index in [0.29, 0.717) is 22.6 Å². The van der Waals surface area contributed by atoms with Gasteiger partial charge in [0.15, 0.2) is 11.6 Å². The summed E-state index contributed by atoms with van der Waals surface area (Å²) in [6.07, 6.45) is 0. The normalized spacial score (nSPS) is 12.2. The summed E-state index contributed by atoms with van der Waals surface area (Å²) >= 11 is 0. The van der Waals surface area contributed by atoms with Crippen LogP contribution in [0.2, 0.25) is 0 Å². The van der Waals surface area contributed by atoms with E-state index in [1.165, 1.54) is 44.3 Å². The van der Waals surface area contributed by atoms with Crippen molar-refractivity contribution in [1.82, 2.24) is 4.90 Å². The summed E-state index contributed by atoms with van der Waals surface area (Å²) < 4.78 is 60.1. The standard InChI is InChI=1S/C25H26F2N2O4S/c1-16-10-12-19(34(31,32)29(4)23-8-6-7-9-24(23)33-5)15-20(16)25(30)28(3)17(2)18-11-13-21(26)22(27)14-18/h6-15,17H,1-5H3. The van der Waals surface area contributed by atoms with E-state index in [0.717, 1.165) is 16.4 Å². The lowest BCUT2D eigenvalue weighted by Crippen LogP contribution is -2.31. The lowest BCUT2D eigenvalue weighted by molar-refractivity contribution is 0.0741. The van der Waals surface area contributed by atoms with E-state index >= 15 is 0 Å². The van der Waals surface area contributed by atoms with Gasteiger partial charge in [-0.3, -0.25) is 9.10 Å². The highest BCUT2D eigenvalue weighted by Crippen LogP contribution is 2.32. The van der Waals surface area contributed by atoms with Crippen LogP contribution < -0.4 is 9.04 Å². The predicted octanol–water partition coefficient (Wildman–Crippen LogP) is 4.94. The van der Waals surface area contributed by atoms with E-state index in [9.17, 15) is 22.0 Å². The highest BCUT2D eigenvalue weighted by Gasteiger charge is 2.27. The summed E-state index contributed by atoms with van der Waals surface area (Å²) in [5.41, 5.74) is 1.52. The Labute approximate surface area is 198 Å². The van der Waals surface area contributed by atoms with Gasteiger partial charge in [0.1, 0.15) is 5.75 Å². The second kappa shape index (κ2) is 9.80. The smallest absolute Gasteiger partial charge is 0.264 e. The summed E-state index contributed by atoms with van der Waals surface area (Å²) in [4.78, 5) is 14.6. The molecule has 3 aromatic rings. The molecule has 1 amide bonds. The quantitative estimate of drug-likeness (QED) is 0.473. The molecule has 0 aliphatic heterocycles. The third-order valence-corrected chi connectivity index (χ3v) is 7.62. The molecule has 0 saturated heterocycles. The van der Waals surface area contributed by atoms with Crippen LogP contribution in [-0.2, 0) is 10.0 Å². The topological polar surface area (TPSA) is 66.9 Å². The van der Waals surface area contributed by atoms with Gasteiger partial charge in [0.25, 0.3) is 15.9 Å². The Hall–Kier alpha value is -3.46. The van der Waals surface area contributed by atoms with Crippen LogP contribution in [0.25, 0.3) is 0 Å². The fourth-order valence-corrected chi connectivity index (χ4v) is 4.76. The monoisotopic (exact) mass is 488 g/mol. The lowest BCUT2D eigenvalue weighted by Gasteiger charge is -2.27. The van der Waals surface area contributed by atoms with Gasteiger partial charge in [0.2, 0.25) is 0 Å². The van der Waals surface area contributed by atoms with Crippen LogP contribution in [0.4, 0.5) is 14.5 Å². The summed E-state index contributed by atoms with van der Waals surface area (Å²) in [7, 11) is 0.368. The SMILES string of the molecule is COc1ccccc1N(C)S(=O)(=O)c1ccc(C)c(C(=O)N(C)C(C)c2ccc(F)c(F)c2)c1. The van der Waals surface area contributed by atoms with Crippen LogP contribution in [0.1, 0.15) is 34.5 Å². The molecule has 3 aromatic carbocycles. The molecule has 0 fully saturated rings. The molecule has 0 aromatic heterocycles. The maximum atomic E-state index is 13.7. The van der Waals surface area contributed by atoms with Crippen molar-refractivity contribution in [3.05, 3.63) is 89.0 Å². The van der Waals surface area contributed by atoms with Gasteiger partial charge in [0.05, 0.1) is 23.7 Å². The van der Waals surface area contributed by atoms with Gasteiger partial charge >= 0.3 is 0 Å². The summed E-state index contributed by atoms with van der Waals surface area (Å²) in [5, 5.41) is 0. The second-order valence-electron chi connectivity index (χ2n) is 7.89. The Kier molecular flexibility index (Phi) is 7.26. The highest BCUT2D eigenvalue weighted by molar-refractivity contribution is 7.92. The number of sulfonamides is 1. The first-order valence-electron chi connectivity index (χ1n) is 10.4. The molecule has 180 valence electrons. The predicted molar refractivity (Wildman–Crippen MR) is 127 cm³/mol. The Balaban J connectivity index is 1.96. The number of aryl methyl sites for hydroxylation is 1. The third kappa shape index (κ3) is 4.75. The number of rotatable bonds is 7. The van der Waals surface area contributed by atoms with E-state index < -0.39 is 33.6 Å². The van der Waals surface area contributed by atoms with Crippen LogP contribution in [0.15, 0.2) is 65.6 Å². The number of amides is 1. The molecule has 0 heterocycles. The zero-order valence-corrected chi connectivity index (χ0v) is 20.4. The fraction of sp³-hybridized carbons (Fsp3) is 0.240. The van der Waals surface area contributed by atoms with Gasteiger partial charge < -0.3 is 9.64 Å². The molecule has 0 bridgehead atoms. The van der Waals surface area contributed by atoms with Gasteiger partial charge in [-0.2, -0.15) is 0 Å². The van der Waals surface area contributed by atoms with Crippen molar-refractivity contribution < 1.29 is 26.7 Å². The van der Waals surface area contributed by atoms with E-state index in [1.54, 1.807) is 44.2 Å². The van der Waals surface area contributed by atoms with Gasteiger partial charge in [-0.25, -0.2) is 17.2 Å². The second-order valence-corrected chi connectivity index (χ2v) is 9.86. The van der Waals surface area contributed by atoms with E-state index in [1.807, 2.05) is 0 Å². The molecule has 34 heavy (non-hydrogen) atoms. The number of halogens is 2. The average molecular weight is 489 g/mol. The van der Waals surface area contributed by atoms with Gasteiger partial charge in [-0.15, -0.1) is 0 Å². The van der Waals surface area contributed by atoms with Crippen LogP contribution in [0.5, 0.6) is 5.75 Å². The summed E-state index contributed by atoms with van der Waals surface area (Å²) in [5.74, 6) is -2.05. The molecule has 0 N–H and O–H groups in total. The number of para-hydroxylation sites is 2. The largest absolute Gasteiger partial charge is 0.495 e. The van der Waals surface area contributed by atoms with Crippen molar-refractivity contribution in [3.63, 3.8) is 0 Å². The molecule has 0 radical (unpaired) electrons. The average Bonchev–Trinajstić information content (AvgIpc) is 2.83. The molecular formula is C25H26F2N2O4S. The van der Waals surface area contributed by atoms with E-state index in [4.69, 9.17) is 4.74 Å².